The molecule has 1 unspecified atom stereocenters. The van der Waals surface area contributed by atoms with Gasteiger partial charge in [0.15, 0.2) is 0 Å². The fourth-order valence-electron chi connectivity index (χ4n) is 2.70. The van der Waals surface area contributed by atoms with Gasteiger partial charge in [-0.15, -0.1) is 0 Å². The molecule has 2 nitrogen and oxygen atoms in total. The molecular weight excluding hydrogens is 148 g/mol. The molecule has 1 saturated carbocycles. The molecule has 70 valence electrons. The van der Waals surface area contributed by atoms with Crippen LogP contribution in [0.15, 0.2) is 0 Å². The Balaban J connectivity index is 1.83. The molecule has 1 saturated heterocycles. The van der Waals surface area contributed by atoms with Crippen LogP contribution in [0.4, 0.5) is 0 Å². The average Bonchev–Trinajstić information content (AvgIpc) is 2.62. The van der Waals surface area contributed by atoms with Gasteiger partial charge in [-0.05, 0) is 38.6 Å². The smallest absolute Gasteiger partial charge is 0.0169 e. The van der Waals surface area contributed by atoms with Gasteiger partial charge in [0.05, 0.1) is 0 Å². The molecule has 12 heavy (non-hydrogen) atoms. The molecule has 2 aliphatic rings. The second-order valence-electron chi connectivity index (χ2n) is 4.57. The third-order valence-corrected chi connectivity index (χ3v) is 3.41. The van der Waals surface area contributed by atoms with E-state index in [0.717, 1.165) is 6.04 Å². The minimum Gasteiger partial charge on any atom is -0.325 e. The Morgan fingerprint density at radius 3 is 2.58 bits per heavy atom. The van der Waals surface area contributed by atoms with Crippen LogP contribution in [0.2, 0.25) is 0 Å². The zero-order valence-corrected chi connectivity index (χ0v) is 7.81. The highest BCUT2D eigenvalue weighted by Gasteiger charge is 2.32. The predicted octanol–water partition coefficient (Wildman–Crippen LogP) is 1.40. The van der Waals surface area contributed by atoms with E-state index < -0.39 is 0 Å². The van der Waals surface area contributed by atoms with Crippen molar-refractivity contribution >= 4 is 0 Å². The lowest BCUT2D eigenvalue weighted by Crippen LogP contribution is -2.42. The molecule has 0 aromatic rings. The summed E-state index contributed by atoms with van der Waals surface area (Å²) >= 11 is 0. The van der Waals surface area contributed by atoms with E-state index in [9.17, 15) is 0 Å². The highest BCUT2D eigenvalue weighted by Crippen LogP contribution is 2.32. The maximum absolute atomic E-state index is 6.30. The second-order valence-corrected chi connectivity index (χ2v) is 4.57. The van der Waals surface area contributed by atoms with Crippen molar-refractivity contribution in [3.8, 4) is 0 Å². The molecule has 2 rings (SSSR count). The topological polar surface area (TPSA) is 38.0 Å². The van der Waals surface area contributed by atoms with Crippen LogP contribution >= 0.6 is 0 Å². The largest absolute Gasteiger partial charge is 0.325 e. The van der Waals surface area contributed by atoms with E-state index in [1.54, 1.807) is 0 Å². The van der Waals surface area contributed by atoms with Crippen molar-refractivity contribution in [2.75, 3.05) is 6.54 Å². The van der Waals surface area contributed by atoms with Crippen LogP contribution in [0.1, 0.15) is 44.9 Å². The summed E-state index contributed by atoms with van der Waals surface area (Å²) in [4.78, 5) is 0. The molecule has 0 radical (unpaired) electrons. The lowest BCUT2D eigenvalue weighted by Gasteiger charge is -2.27. The second kappa shape index (κ2) is 3.35. The van der Waals surface area contributed by atoms with Gasteiger partial charge in [0.1, 0.15) is 0 Å². The molecule has 0 aromatic heterocycles. The van der Waals surface area contributed by atoms with Crippen molar-refractivity contribution in [2.24, 2.45) is 5.73 Å². The SMILES string of the molecule is NC1(CC2CCCN2)CCCC1. The predicted molar refractivity (Wildman–Crippen MR) is 51.0 cm³/mol. The molecule has 0 spiro atoms. The summed E-state index contributed by atoms with van der Waals surface area (Å²) in [5, 5.41) is 3.53. The van der Waals surface area contributed by atoms with E-state index >= 15 is 0 Å². The first kappa shape index (κ1) is 8.52. The lowest BCUT2D eigenvalue weighted by atomic mass is 9.90. The average molecular weight is 168 g/mol. The zero-order chi connectivity index (χ0) is 8.44. The number of nitrogens with two attached hydrogens (primary N) is 1. The molecular formula is C10H20N2. The highest BCUT2D eigenvalue weighted by atomic mass is 14.9. The van der Waals surface area contributed by atoms with E-state index in [-0.39, 0.29) is 5.54 Å². The van der Waals surface area contributed by atoms with Gasteiger partial charge >= 0.3 is 0 Å². The first-order valence-corrected chi connectivity index (χ1v) is 5.31. The van der Waals surface area contributed by atoms with Crippen molar-refractivity contribution in [3.63, 3.8) is 0 Å². The van der Waals surface area contributed by atoms with Crippen molar-refractivity contribution in [2.45, 2.75) is 56.5 Å². The van der Waals surface area contributed by atoms with Crippen LogP contribution in [0.25, 0.3) is 0 Å². The van der Waals surface area contributed by atoms with Crippen molar-refractivity contribution in [1.29, 1.82) is 0 Å². The van der Waals surface area contributed by atoms with Gasteiger partial charge in [-0.1, -0.05) is 12.8 Å². The van der Waals surface area contributed by atoms with Gasteiger partial charge in [-0.3, -0.25) is 0 Å². The Bertz CT molecular complexity index is 144. The molecule has 1 atom stereocenters. The van der Waals surface area contributed by atoms with E-state index in [0.29, 0.717) is 0 Å². The van der Waals surface area contributed by atoms with Gasteiger partial charge in [-0.25, -0.2) is 0 Å². The van der Waals surface area contributed by atoms with Crippen LogP contribution in [0.5, 0.6) is 0 Å². The van der Waals surface area contributed by atoms with Gasteiger partial charge in [-0.2, -0.15) is 0 Å². The summed E-state index contributed by atoms with van der Waals surface area (Å²) < 4.78 is 0. The molecule has 0 amide bonds. The standard InChI is InChI=1S/C10H20N2/c11-10(5-1-2-6-10)8-9-4-3-7-12-9/h9,12H,1-8,11H2. The fraction of sp³-hybridized carbons (Fsp3) is 1.00. The maximum atomic E-state index is 6.30. The van der Waals surface area contributed by atoms with E-state index in [2.05, 4.69) is 5.32 Å². The van der Waals surface area contributed by atoms with Gasteiger partial charge in [0.2, 0.25) is 0 Å². The quantitative estimate of drug-likeness (QED) is 0.654. The van der Waals surface area contributed by atoms with Gasteiger partial charge in [0, 0.05) is 11.6 Å². The number of hydrogen-bond donors (Lipinski definition) is 2. The molecule has 3 N–H and O–H groups in total. The van der Waals surface area contributed by atoms with Crippen molar-refractivity contribution < 1.29 is 0 Å². The number of nitrogens with one attached hydrogen (secondary N) is 1. The van der Waals surface area contributed by atoms with Crippen molar-refractivity contribution in [3.05, 3.63) is 0 Å². The number of rotatable bonds is 2. The Hall–Kier alpha value is -0.0800. The molecule has 0 bridgehead atoms. The first-order valence-electron chi connectivity index (χ1n) is 5.31. The highest BCUT2D eigenvalue weighted by molar-refractivity contribution is 4.94. The summed E-state index contributed by atoms with van der Waals surface area (Å²) in [6.07, 6.45) is 9.12. The monoisotopic (exact) mass is 168 g/mol. The summed E-state index contributed by atoms with van der Waals surface area (Å²) in [6.45, 7) is 1.21. The van der Waals surface area contributed by atoms with E-state index in [1.165, 1.54) is 51.5 Å². The number of hydrogen-bond acceptors (Lipinski definition) is 2. The summed E-state index contributed by atoms with van der Waals surface area (Å²) in [5.74, 6) is 0. The molecule has 1 heterocycles. The van der Waals surface area contributed by atoms with Crippen LogP contribution in [-0.2, 0) is 0 Å². The molecule has 1 aliphatic heterocycles. The zero-order valence-electron chi connectivity index (χ0n) is 7.81. The summed E-state index contributed by atoms with van der Waals surface area (Å²) in [6, 6.07) is 0.730. The van der Waals surface area contributed by atoms with E-state index in [1.807, 2.05) is 0 Å². The van der Waals surface area contributed by atoms with Crippen LogP contribution in [-0.4, -0.2) is 18.1 Å². The Morgan fingerprint density at radius 2 is 2.00 bits per heavy atom. The van der Waals surface area contributed by atoms with Crippen LogP contribution < -0.4 is 11.1 Å². The van der Waals surface area contributed by atoms with Gasteiger partial charge < -0.3 is 11.1 Å². The Labute approximate surface area is 74.9 Å². The maximum Gasteiger partial charge on any atom is 0.0169 e. The third kappa shape index (κ3) is 1.80. The lowest BCUT2D eigenvalue weighted by molar-refractivity contribution is 0.352. The third-order valence-electron chi connectivity index (χ3n) is 3.41. The minimum atomic E-state index is 0.196. The minimum absolute atomic E-state index is 0.196. The molecule has 2 heteroatoms. The van der Waals surface area contributed by atoms with Crippen LogP contribution in [0.3, 0.4) is 0 Å². The summed E-state index contributed by atoms with van der Waals surface area (Å²) in [5.41, 5.74) is 6.50. The Morgan fingerprint density at radius 1 is 1.25 bits per heavy atom. The Kier molecular flexibility index (Phi) is 2.37. The van der Waals surface area contributed by atoms with Gasteiger partial charge in [0.25, 0.3) is 0 Å². The normalized spacial score (nSPS) is 34.2. The molecule has 0 aromatic carbocycles. The first-order chi connectivity index (χ1) is 5.79. The molecule has 2 fully saturated rings. The van der Waals surface area contributed by atoms with Crippen LogP contribution in [0, 0.1) is 0 Å². The summed E-state index contributed by atoms with van der Waals surface area (Å²) in [7, 11) is 0. The van der Waals surface area contributed by atoms with Crippen molar-refractivity contribution in [1.82, 2.24) is 5.32 Å². The molecule has 1 aliphatic carbocycles. The van der Waals surface area contributed by atoms with E-state index in [4.69, 9.17) is 5.73 Å². The fourth-order valence-corrected chi connectivity index (χ4v) is 2.70.